The van der Waals surface area contributed by atoms with E-state index in [1.807, 2.05) is 6.07 Å². The average molecular weight is 263 g/mol. The molecule has 2 aromatic rings. The molecule has 0 bridgehead atoms. The Labute approximate surface area is 109 Å². The Bertz CT molecular complexity index is 534. The summed E-state index contributed by atoms with van der Waals surface area (Å²) in [5.74, 6) is 0.260. The van der Waals surface area contributed by atoms with Crippen molar-refractivity contribution in [1.29, 1.82) is 0 Å². The van der Waals surface area contributed by atoms with Crippen LogP contribution < -0.4 is 0 Å². The zero-order valence-electron chi connectivity index (χ0n) is 9.93. The van der Waals surface area contributed by atoms with Gasteiger partial charge in [-0.15, -0.1) is 11.3 Å². The zero-order valence-corrected chi connectivity index (χ0v) is 10.8. The summed E-state index contributed by atoms with van der Waals surface area (Å²) < 4.78 is 18.5. The van der Waals surface area contributed by atoms with E-state index in [1.165, 1.54) is 6.07 Å². The summed E-state index contributed by atoms with van der Waals surface area (Å²) in [4.78, 5) is 4.63. The first-order chi connectivity index (χ1) is 8.81. The van der Waals surface area contributed by atoms with Gasteiger partial charge in [0.1, 0.15) is 5.82 Å². The van der Waals surface area contributed by atoms with Gasteiger partial charge in [-0.3, -0.25) is 0 Å². The minimum atomic E-state index is -0.187. The summed E-state index contributed by atoms with van der Waals surface area (Å²) in [7, 11) is 0. The monoisotopic (exact) mass is 263 g/mol. The third-order valence-corrected chi connectivity index (χ3v) is 4.03. The van der Waals surface area contributed by atoms with Gasteiger partial charge in [0.05, 0.1) is 17.3 Å². The first kappa shape index (κ1) is 11.8. The molecule has 1 fully saturated rings. The van der Waals surface area contributed by atoms with Gasteiger partial charge >= 0.3 is 0 Å². The maximum atomic E-state index is 13.1. The van der Waals surface area contributed by atoms with Gasteiger partial charge in [-0.2, -0.15) is 0 Å². The van der Waals surface area contributed by atoms with Crippen LogP contribution in [0.4, 0.5) is 4.39 Å². The van der Waals surface area contributed by atoms with Gasteiger partial charge in [-0.25, -0.2) is 9.37 Å². The topological polar surface area (TPSA) is 22.1 Å². The number of hydrogen-bond donors (Lipinski definition) is 0. The van der Waals surface area contributed by atoms with Gasteiger partial charge in [0.15, 0.2) is 0 Å². The molecule has 0 amide bonds. The van der Waals surface area contributed by atoms with E-state index in [0.29, 0.717) is 12.3 Å². The molecule has 0 saturated carbocycles. The molecule has 94 valence electrons. The van der Waals surface area contributed by atoms with Crippen molar-refractivity contribution in [3.63, 3.8) is 0 Å². The van der Waals surface area contributed by atoms with Crippen LogP contribution in [0.25, 0.3) is 0 Å². The molecule has 18 heavy (non-hydrogen) atoms. The van der Waals surface area contributed by atoms with Crippen LogP contribution in [0.2, 0.25) is 0 Å². The van der Waals surface area contributed by atoms with Crippen LogP contribution in [0, 0.1) is 5.82 Å². The van der Waals surface area contributed by atoms with Crippen molar-refractivity contribution in [2.75, 3.05) is 13.2 Å². The highest BCUT2D eigenvalue weighted by molar-refractivity contribution is 7.09. The van der Waals surface area contributed by atoms with Crippen molar-refractivity contribution in [2.45, 2.75) is 18.8 Å². The largest absolute Gasteiger partial charge is 0.381 e. The van der Waals surface area contributed by atoms with Crippen molar-refractivity contribution in [1.82, 2.24) is 4.98 Å². The minimum absolute atomic E-state index is 0.187. The van der Waals surface area contributed by atoms with Crippen LogP contribution in [0.1, 0.15) is 28.6 Å². The van der Waals surface area contributed by atoms with E-state index in [2.05, 4.69) is 10.4 Å². The Morgan fingerprint density at radius 1 is 1.44 bits per heavy atom. The van der Waals surface area contributed by atoms with Gasteiger partial charge in [0.25, 0.3) is 0 Å². The van der Waals surface area contributed by atoms with E-state index in [9.17, 15) is 4.39 Å². The number of rotatable bonds is 3. The molecule has 1 atom stereocenters. The molecule has 3 rings (SSSR count). The first-order valence-electron chi connectivity index (χ1n) is 6.08. The molecule has 1 saturated heterocycles. The lowest BCUT2D eigenvalue weighted by atomic mass is 10.1. The third kappa shape index (κ3) is 2.60. The fourth-order valence-corrected chi connectivity index (χ4v) is 3.09. The molecule has 2 heterocycles. The van der Waals surface area contributed by atoms with Crippen LogP contribution in [-0.2, 0) is 11.2 Å². The normalized spacial score (nSPS) is 19.3. The maximum absolute atomic E-state index is 13.1. The van der Waals surface area contributed by atoms with Crippen molar-refractivity contribution < 1.29 is 9.13 Å². The van der Waals surface area contributed by atoms with Crippen molar-refractivity contribution in [3.8, 4) is 0 Å². The molecule has 1 aliphatic rings. The average Bonchev–Trinajstić information content (AvgIpc) is 2.98. The second kappa shape index (κ2) is 5.16. The van der Waals surface area contributed by atoms with E-state index >= 15 is 0 Å². The molecule has 4 heteroatoms. The van der Waals surface area contributed by atoms with Gasteiger partial charge in [0, 0.05) is 24.3 Å². The standard InChI is InChI=1S/C14H14FNOS/c15-12-3-1-2-10(6-12)7-14-16-13(9-18-14)11-4-5-17-8-11/h1-3,6,9,11H,4-5,7-8H2/t11-/m0/s1. The quantitative estimate of drug-likeness (QED) is 0.847. The molecule has 1 aromatic heterocycles. The number of benzene rings is 1. The fourth-order valence-electron chi connectivity index (χ4n) is 2.18. The van der Waals surface area contributed by atoms with E-state index in [0.717, 1.165) is 35.9 Å². The van der Waals surface area contributed by atoms with Crippen molar-refractivity contribution in [2.24, 2.45) is 0 Å². The van der Waals surface area contributed by atoms with Gasteiger partial charge < -0.3 is 4.74 Å². The van der Waals surface area contributed by atoms with E-state index in [4.69, 9.17) is 4.74 Å². The lowest BCUT2D eigenvalue weighted by Gasteiger charge is -2.02. The van der Waals surface area contributed by atoms with Crippen LogP contribution in [-0.4, -0.2) is 18.2 Å². The Morgan fingerprint density at radius 3 is 3.17 bits per heavy atom. The number of hydrogen-bond acceptors (Lipinski definition) is 3. The summed E-state index contributed by atoms with van der Waals surface area (Å²) in [6, 6.07) is 6.71. The molecular formula is C14H14FNOS. The summed E-state index contributed by atoms with van der Waals surface area (Å²) >= 11 is 1.65. The first-order valence-corrected chi connectivity index (χ1v) is 6.96. The Hall–Kier alpha value is -1.26. The fraction of sp³-hybridized carbons (Fsp3) is 0.357. The number of ether oxygens (including phenoxy) is 1. The predicted molar refractivity (Wildman–Crippen MR) is 69.5 cm³/mol. The van der Waals surface area contributed by atoms with Gasteiger partial charge in [-0.05, 0) is 24.1 Å². The molecule has 0 spiro atoms. The minimum Gasteiger partial charge on any atom is -0.381 e. The van der Waals surface area contributed by atoms with Crippen LogP contribution >= 0.6 is 11.3 Å². The van der Waals surface area contributed by atoms with Crippen molar-refractivity contribution >= 4 is 11.3 Å². The van der Waals surface area contributed by atoms with Gasteiger partial charge in [0.2, 0.25) is 0 Å². The zero-order chi connectivity index (χ0) is 12.4. The van der Waals surface area contributed by atoms with Gasteiger partial charge in [-0.1, -0.05) is 12.1 Å². The highest BCUT2D eigenvalue weighted by atomic mass is 32.1. The van der Waals surface area contributed by atoms with Crippen molar-refractivity contribution in [3.05, 3.63) is 51.7 Å². The summed E-state index contributed by atoms with van der Waals surface area (Å²) in [6.45, 7) is 1.62. The Morgan fingerprint density at radius 2 is 2.39 bits per heavy atom. The summed E-state index contributed by atoms with van der Waals surface area (Å²) in [6.07, 6.45) is 1.76. The molecule has 1 aromatic carbocycles. The molecular weight excluding hydrogens is 249 g/mol. The van der Waals surface area contributed by atoms with Crippen LogP contribution in [0.5, 0.6) is 0 Å². The molecule has 0 unspecified atom stereocenters. The molecule has 0 N–H and O–H groups in total. The number of nitrogens with zero attached hydrogens (tertiary/aromatic N) is 1. The SMILES string of the molecule is Fc1cccc(Cc2nc([C@H]3CCOC3)cs2)c1. The number of aromatic nitrogens is 1. The second-order valence-corrected chi connectivity index (χ2v) is 5.48. The molecule has 0 aliphatic carbocycles. The van der Waals surface area contributed by atoms with E-state index in [1.54, 1.807) is 23.5 Å². The maximum Gasteiger partial charge on any atom is 0.123 e. The number of halogens is 1. The third-order valence-electron chi connectivity index (χ3n) is 3.16. The van der Waals surface area contributed by atoms with Crippen LogP contribution in [0.3, 0.4) is 0 Å². The molecule has 2 nitrogen and oxygen atoms in total. The molecule has 1 aliphatic heterocycles. The Balaban J connectivity index is 1.73. The predicted octanol–water partition coefficient (Wildman–Crippen LogP) is 3.38. The number of thiazole rings is 1. The Kier molecular flexibility index (Phi) is 3.39. The van der Waals surface area contributed by atoms with E-state index in [-0.39, 0.29) is 5.82 Å². The summed E-state index contributed by atoms with van der Waals surface area (Å²) in [5, 5.41) is 3.15. The van der Waals surface area contributed by atoms with Crippen LogP contribution in [0.15, 0.2) is 29.6 Å². The lowest BCUT2D eigenvalue weighted by Crippen LogP contribution is -1.98. The second-order valence-electron chi connectivity index (χ2n) is 4.53. The highest BCUT2D eigenvalue weighted by Gasteiger charge is 2.20. The smallest absolute Gasteiger partial charge is 0.123 e. The summed E-state index contributed by atoms with van der Waals surface area (Å²) in [5.41, 5.74) is 2.10. The molecule has 0 radical (unpaired) electrons. The highest BCUT2D eigenvalue weighted by Crippen LogP contribution is 2.27. The lowest BCUT2D eigenvalue weighted by molar-refractivity contribution is 0.193. The van der Waals surface area contributed by atoms with E-state index < -0.39 is 0 Å².